The molecule has 1 aromatic rings. The molecule has 2 fully saturated rings. The molecule has 1 aromatic heterocycles. The second kappa shape index (κ2) is 5.89. The van der Waals surface area contributed by atoms with Crippen molar-refractivity contribution in [1.29, 1.82) is 0 Å². The summed E-state index contributed by atoms with van der Waals surface area (Å²) in [5, 5.41) is 2.32. The Hall–Kier alpha value is -2.44. The molecule has 7 heteroatoms. The zero-order valence-electron chi connectivity index (χ0n) is 13.5. The summed E-state index contributed by atoms with van der Waals surface area (Å²) in [5.74, 6) is 0.0923. The molecule has 0 saturated carbocycles. The van der Waals surface area contributed by atoms with E-state index in [1.54, 1.807) is 11.1 Å². The van der Waals surface area contributed by atoms with E-state index in [0.29, 0.717) is 18.5 Å². The highest BCUT2D eigenvalue weighted by Crippen LogP contribution is 2.29. The van der Waals surface area contributed by atoms with Crippen molar-refractivity contribution in [3.63, 3.8) is 0 Å². The second-order valence-electron chi connectivity index (χ2n) is 6.65. The van der Waals surface area contributed by atoms with Gasteiger partial charge < -0.3 is 9.80 Å². The van der Waals surface area contributed by atoms with Crippen LogP contribution in [0.3, 0.4) is 0 Å². The minimum Gasteiger partial charge on any atom is -0.357 e. The summed E-state index contributed by atoms with van der Waals surface area (Å²) in [6, 6.07) is 1.41. The Balaban J connectivity index is 1.55. The van der Waals surface area contributed by atoms with Gasteiger partial charge in [0.05, 0.1) is 5.56 Å². The maximum Gasteiger partial charge on any atom is 0.256 e. The van der Waals surface area contributed by atoms with E-state index in [2.05, 4.69) is 15.2 Å². The number of carbonyl (C=O) groups is 3. The molecule has 1 atom stereocenters. The minimum atomic E-state index is -0.568. The summed E-state index contributed by atoms with van der Waals surface area (Å²) in [5.41, 5.74) is 1.49. The van der Waals surface area contributed by atoms with Crippen LogP contribution in [0.25, 0.3) is 0 Å². The molecule has 3 aliphatic heterocycles. The fraction of sp³-hybridized carbons (Fsp3) is 0.529. The number of pyridine rings is 1. The maximum absolute atomic E-state index is 12.6. The number of amides is 3. The highest BCUT2D eigenvalue weighted by atomic mass is 16.2. The third-order valence-electron chi connectivity index (χ3n) is 5.07. The van der Waals surface area contributed by atoms with Gasteiger partial charge in [-0.1, -0.05) is 0 Å². The van der Waals surface area contributed by atoms with Crippen LogP contribution < -0.4 is 10.2 Å². The Morgan fingerprint density at radius 2 is 1.92 bits per heavy atom. The van der Waals surface area contributed by atoms with Crippen molar-refractivity contribution in [2.45, 2.75) is 44.7 Å². The third-order valence-corrected chi connectivity index (χ3v) is 5.07. The molecule has 24 heavy (non-hydrogen) atoms. The molecule has 4 rings (SSSR count). The van der Waals surface area contributed by atoms with Gasteiger partial charge >= 0.3 is 0 Å². The van der Waals surface area contributed by atoms with E-state index >= 15 is 0 Å². The molecule has 3 amide bonds. The average Bonchev–Trinajstić information content (AvgIpc) is 2.92. The molecule has 0 spiro atoms. The fourth-order valence-corrected chi connectivity index (χ4v) is 3.75. The zero-order valence-corrected chi connectivity index (χ0v) is 13.5. The Morgan fingerprint density at radius 1 is 1.12 bits per heavy atom. The summed E-state index contributed by atoms with van der Waals surface area (Å²) in [6.07, 6.45) is 5.88. The summed E-state index contributed by atoms with van der Waals surface area (Å²) < 4.78 is 0. The van der Waals surface area contributed by atoms with Crippen molar-refractivity contribution in [3.8, 4) is 0 Å². The molecule has 0 aromatic carbocycles. The Bertz CT molecular complexity index is 712. The lowest BCUT2D eigenvalue weighted by Crippen LogP contribution is -2.52. The predicted molar refractivity (Wildman–Crippen MR) is 86.3 cm³/mol. The average molecular weight is 328 g/mol. The van der Waals surface area contributed by atoms with Crippen LogP contribution in [0.5, 0.6) is 0 Å². The Morgan fingerprint density at radius 3 is 2.67 bits per heavy atom. The summed E-state index contributed by atoms with van der Waals surface area (Å²) >= 11 is 0. The number of anilines is 1. The number of carbonyl (C=O) groups excluding carboxylic acids is 3. The van der Waals surface area contributed by atoms with E-state index in [1.807, 2.05) is 6.07 Å². The summed E-state index contributed by atoms with van der Waals surface area (Å²) in [6.45, 7) is 2.40. The number of nitrogens with one attached hydrogen (secondary N) is 1. The Kier molecular flexibility index (Phi) is 3.70. The lowest BCUT2D eigenvalue weighted by atomic mass is 10.0. The van der Waals surface area contributed by atoms with Gasteiger partial charge in [-0.05, 0) is 37.3 Å². The van der Waals surface area contributed by atoms with Gasteiger partial charge in [0.15, 0.2) is 0 Å². The largest absolute Gasteiger partial charge is 0.357 e. The first kappa shape index (κ1) is 15.1. The first-order valence-electron chi connectivity index (χ1n) is 8.52. The Labute approximate surface area is 140 Å². The number of hydrogen-bond acceptors (Lipinski definition) is 5. The van der Waals surface area contributed by atoms with Crippen molar-refractivity contribution in [2.24, 2.45) is 0 Å². The van der Waals surface area contributed by atoms with Crippen molar-refractivity contribution >= 4 is 23.5 Å². The zero-order chi connectivity index (χ0) is 16.7. The van der Waals surface area contributed by atoms with Gasteiger partial charge in [-0.15, -0.1) is 0 Å². The van der Waals surface area contributed by atoms with Crippen LogP contribution in [0, 0.1) is 0 Å². The quantitative estimate of drug-likeness (QED) is 0.813. The van der Waals surface area contributed by atoms with Gasteiger partial charge in [-0.25, -0.2) is 4.98 Å². The number of hydrogen-bond donors (Lipinski definition) is 1. The molecule has 0 bridgehead atoms. The third kappa shape index (κ3) is 2.53. The van der Waals surface area contributed by atoms with E-state index < -0.39 is 6.04 Å². The van der Waals surface area contributed by atoms with E-state index in [0.717, 1.165) is 24.5 Å². The highest BCUT2D eigenvalue weighted by Gasteiger charge is 2.39. The first-order chi connectivity index (χ1) is 11.6. The lowest BCUT2D eigenvalue weighted by molar-refractivity contribution is -0.136. The normalized spacial score (nSPS) is 24.2. The molecule has 4 heterocycles. The van der Waals surface area contributed by atoms with Crippen LogP contribution in [0.2, 0.25) is 0 Å². The van der Waals surface area contributed by atoms with E-state index in [9.17, 15) is 14.4 Å². The molecule has 2 saturated heterocycles. The van der Waals surface area contributed by atoms with Crippen LogP contribution in [0.15, 0.2) is 12.3 Å². The number of piperidine rings is 2. The van der Waals surface area contributed by atoms with Gasteiger partial charge in [0.25, 0.3) is 5.91 Å². The van der Waals surface area contributed by atoms with E-state index in [-0.39, 0.29) is 24.1 Å². The van der Waals surface area contributed by atoms with Crippen LogP contribution in [0.1, 0.15) is 48.0 Å². The van der Waals surface area contributed by atoms with Gasteiger partial charge in [0.2, 0.25) is 11.8 Å². The SMILES string of the molecule is O=C1CCC(N2Cc3cc(N4CCCCC4)ncc3C2=O)C(=O)N1. The lowest BCUT2D eigenvalue weighted by Gasteiger charge is -2.29. The van der Waals surface area contributed by atoms with Gasteiger partial charge in [-0.3, -0.25) is 19.7 Å². The predicted octanol–water partition coefficient (Wildman–Crippen LogP) is 0.833. The monoisotopic (exact) mass is 328 g/mol. The summed E-state index contributed by atoms with van der Waals surface area (Å²) in [4.78, 5) is 44.2. The second-order valence-corrected chi connectivity index (χ2v) is 6.65. The molecule has 126 valence electrons. The molecule has 7 nitrogen and oxygen atoms in total. The molecular formula is C17H20N4O3. The van der Waals surface area contributed by atoms with Crippen molar-refractivity contribution in [2.75, 3.05) is 18.0 Å². The maximum atomic E-state index is 12.6. The molecule has 0 radical (unpaired) electrons. The first-order valence-corrected chi connectivity index (χ1v) is 8.52. The summed E-state index contributed by atoms with van der Waals surface area (Å²) in [7, 11) is 0. The van der Waals surface area contributed by atoms with Gasteiger partial charge in [0, 0.05) is 32.3 Å². The van der Waals surface area contributed by atoms with Crippen LogP contribution >= 0.6 is 0 Å². The van der Waals surface area contributed by atoms with Crippen molar-refractivity contribution in [1.82, 2.24) is 15.2 Å². The number of aromatic nitrogens is 1. The number of nitrogens with zero attached hydrogens (tertiary/aromatic N) is 3. The van der Waals surface area contributed by atoms with Crippen LogP contribution in [-0.4, -0.2) is 46.7 Å². The van der Waals surface area contributed by atoms with Crippen molar-refractivity contribution in [3.05, 3.63) is 23.4 Å². The smallest absolute Gasteiger partial charge is 0.256 e. The van der Waals surface area contributed by atoms with Crippen LogP contribution in [-0.2, 0) is 16.1 Å². The molecule has 0 aliphatic carbocycles. The molecule has 1 unspecified atom stereocenters. The van der Waals surface area contributed by atoms with Crippen molar-refractivity contribution < 1.29 is 14.4 Å². The van der Waals surface area contributed by atoms with Gasteiger partial charge in [-0.2, -0.15) is 0 Å². The molecule has 1 N–H and O–H groups in total. The number of rotatable bonds is 2. The standard InChI is InChI=1S/C17H20N4O3/c22-15-5-4-13(16(23)19-15)21-10-11-8-14(18-9-12(11)17(21)24)20-6-2-1-3-7-20/h8-9,13H,1-7,10H2,(H,19,22,23). The highest BCUT2D eigenvalue weighted by molar-refractivity contribution is 6.05. The number of imide groups is 1. The minimum absolute atomic E-state index is 0.169. The van der Waals surface area contributed by atoms with Crippen LogP contribution in [0.4, 0.5) is 5.82 Å². The van der Waals surface area contributed by atoms with E-state index in [4.69, 9.17) is 0 Å². The van der Waals surface area contributed by atoms with Gasteiger partial charge in [0.1, 0.15) is 11.9 Å². The fourth-order valence-electron chi connectivity index (χ4n) is 3.75. The van der Waals surface area contributed by atoms with E-state index in [1.165, 1.54) is 19.3 Å². The number of fused-ring (bicyclic) bond motifs is 1. The molecular weight excluding hydrogens is 308 g/mol. The topological polar surface area (TPSA) is 82.6 Å². The molecule has 3 aliphatic rings.